The fraction of sp³-hybridized carbons (Fsp3) is 0.462. The normalized spacial score (nSPS) is 12.1. The van der Waals surface area contributed by atoms with Crippen LogP contribution in [0.5, 0.6) is 5.75 Å². The minimum atomic E-state index is -0.503. The Morgan fingerprint density at radius 1 is 1.47 bits per heavy atom. The van der Waals surface area contributed by atoms with Crippen molar-refractivity contribution in [3.63, 3.8) is 0 Å². The molecule has 1 aromatic carbocycles. The zero-order valence-electron chi connectivity index (χ0n) is 11.2. The van der Waals surface area contributed by atoms with E-state index in [1.54, 1.807) is 14.2 Å². The Bertz CT molecular complexity index is 442. The van der Waals surface area contributed by atoms with E-state index in [1.807, 2.05) is 0 Å². The second-order valence-electron chi connectivity index (χ2n) is 4.09. The highest BCUT2D eigenvalue weighted by Gasteiger charge is 2.17. The summed E-state index contributed by atoms with van der Waals surface area (Å²) in [6, 6.07) is 3.98. The monoisotopic (exact) mass is 289 g/mol. The topological polar surface area (TPSA) is 38.8 Å². The Morgan fingerprint density at radius 2 is 2.16 bits per heavy atom. The van der Waals surface area contributed by atoms with E-state index in [4.69, 9.17) is 21.1 Å². The van der Waals surface area contributed by atoms with Crippen LogP contribution in [0.25, 0.3) is 0 Å². The molecule has 0 bridgehead atoms. The summed E-state index contributed by atoms with van der Waals surface area (Å²) in [4.78, 5) is 13.6. The maximum absolute atomic E-state index is 13.3. The predicted octanol–water partition coefficient (Wildman–Crippen LogP) is 2.16. The standard InChI is InChI=1S/C13H17ClFNO3/c1-16(7-10(14)8-18-2)13(17)9-4-5-11(15)12(6-9)19-3/h4-6,10H,7-8H2,1-3H3. The van der Waals surface area contributed by atoms with E-state index < -0.39 is 5.82 Å². The quantitative estimate of drug-likeness (QED) is 0.753. The number of hydrogen-bond donors (Lipinski definition) is 0. The van der Waals surface area contributed by atoms with Crippen LogP contribution in [-0.2, 0) is 4.74 Å². The molecule has 0 radical (unpaired) electrons. The first-order valence-corrected chi connectivity index (χ1v) is 6.15. The van der Waals surface area contributed by atoms with E-state index in [1.165, 1.54) is 30.2 Å². The lowest BCUT2D eigenvalue weighted by atomic mass is 10.2. The number of carbonyl (C=O) groups is 1. The Morgan fingerprint density at radius 3 is 2.74 bits per heavy atom. The largest absolute Gasteiger partial charge is 0.494 e. The van der Waals surface area contributed by atoms with Crippen molar-refractivity contribution >= 4 is 17.5 Å². The third-order valence-corrected chi connectivity index (χ3v) is 2.83. The van der Waals surface area contributed by atoms with Crippen LogP contribution in [0.4, 0.5) is 4.39 Å². The molecule has 1 atom stereocenters. The third kappa shape index (κ3) is 4.36. The van der Waals surface area contributed by atoms with Gasteiger partial charge in [0.15, 0.2) is 11.6 Å². The minimum absolute atomic E-state index is 0.0403. The van der Waals surface area contributed by atoms with Crippen molar-refractivity contribution in [3.05, 3.63) is 29.6 Å². The van der Waals surface area contributed by atoms with Crippen LogP contribution in [0.15, 0.2) is 18.2 Å². The molecule has 0 saturated heterocycles. The molecule has 0 spiro atoms. The molecule has 1 rings (SSSR count). The van der Waals surface area contributed by atoms with E-state index in [0.717, 1.165) is 0 Å². The van der Waals surface area contributed by atoms with Crippen molar-refractivity contribution in [1.29, 1.82) is 0 Å². The molecule has 0 aliphatic heterocycles. The summed E-state index contributed by atoms with van der Waals surface area (Å²) in [5.74, 6) is -0.713. The van der Waals surface area contributed by atoms with Crippen LogP contribution >= 0.6 is 11.6 Å². The minimum Gasteiger partial charge on any atom is -0.494 e. The second kappa shape index (κ2) is 7.31. The van der Waals surface area contributed by atoms with Crippen molar-refractivity contribution < 1.29 is 18.7 Å². The summed E-state index contributed by atoms with van der Waals surface area (Å²) in [6.45, 7) is 0.694. The smallest absolute Gasteiger partial charge is 0.253 e. The van der Waals surface area contributed by atoms with Gasteiger partial charge in [-0.15, -0.1) is 11.6 Å². The first kappa shape index (κ1) is 15.7. The lowest BCUT2D eigenvalue weighted by Crippen LogP contribution is -2.33. The van der Waals surface area contributed by atoms with Crippen molar-refractivity contribution in [2.24, 2.45) is 0 Å². The number of halogens is 2. The second-order valence-corrected chi connectivity index (χ2v) is 4.70. The number of nitrogens with zero attached hydrogens (tertiary/aromatic N) is 1. The van der Waals surface area contributed by atoms with E-state index in [2.05, 4.69) is 0 Å². The molecule has 0 N–H and O–H groups in total. The first-order chi connectivity index (χ1) is 8.99. The van der Waals surface area contributed by atoms with Crippen molar-refractivity contribution in [2.75, 3.05) is 34.4 Å². The molecule has 6 heteroatoms. The van der Waals surface area contributed by atoms with Crippen LogP contribution in [0.3, 0.4) is 0 Å². The van der Waals surface area contributed by atoms with Gasteiger partial charge in [0.2, 0.25) is 0 Å². The Hall–Kier alpha value is -1.33. The summed E-state index contributed by atoms with van der Waals surface area (Å²) in [5, 5.41) is -0.290. The number of carbonyl (C=O) groups excluding carboxylic acids is 1. The Kier molecular flexibility index (Phi) is 6.05. The summed E-state index contributed by atoms with van der Waals surface area (Å²) in [7, 11) is 4.52. The molecule has 19 heavy (non-hydrogen) atoms. The molecular weight excluding hydrogens is 273 g/mol. The van der Waals surface area contributed by atoms with Crippen LogP contribution < -0.4 is 4.74 Å². The molecule has 1 aromatic rings. The zero-order chi connectivity index (χ0) is 14.4. The molecule has 1 amide bonds. The number of rotatable bonds is 6. The van der Waals surface area contributed by atoms with Gasteiger partial charge in [0.1, 0.15) is 0 Å². The van der Waals surface area contributed by atoms with Crippen LogP contribution in [0.2, 0.25) is 0 Å². The Labute approximate surface area is 117 Å². The summed E-state index contributed by atoms with van der Waals surface area (Å²) >= 11 is 5.99. The molecule has 4 nitrogen and oxygen atoms in total. The maximum Gasteiger partial charge on any atom is 0.253 e. The van der Waals surface area contributed by atoms with Crippen molar-refractivity contribution in [3.8, 4) is 5.75 Å². The van der Waals surface area contributed by atoms with Crippen molar-refractivity contribution in [2.45, 2.75) is 5.38 Å². The molecule has 0 fully saturated rings. The number of benzene rings is 1. The van der Waals surface area contributed by atoms with E-state index in [9.17, 15) is 9.18 Å². The maximum atomic E-state index is 13.3. The molecule has 0 aromatic heterocycles. The van der Waals surface area contributed by atoms with Gasteiger partial charge in [0.25, 0.3) is 5.91 Å². The number of methoxy groups -OCH3 is 2. The highest BCUT2D eigenvalue weighted by atomic mass is 35.5. The average molecular weight is 290 g/mol. The van der Waals surface area contributed by atoms with Gasteiger partial charge < -0.3 is 14.4 Å². The van der Waals surface area contributed by atoms with E-state index in [0.29, 0.717) is 18.7 Å². The molecule has 106 valence electrons. The van der Waals surface area contributed by atoms with Gasteiger partial charge in [0, 0.05) is 26.3 Å². The average Bonchev–Trinajstić information content (AvgIpc) is 2.38. The summed E-state index contributed by atoms with van der Waals surface area (Å²) in [5.41, 5.74) is 0.349. The Balaban J connectivity index is 2.76. The van der Waals surface area contributed by atoms with Crippen LogP contribution in [0, 0.1) is 5.82 Å². The van der Waals surface area contributed by atoms with Gasteiger partial charge in [-0.1, -0.05) is 0 Å². The fourth-order valence-corrected chi connectivity index (χ4v) is 1.96. The third-order valence-electron chi connectivity index (χ3n) is 2.56. The zero-order valence-corrected chi connectivity index (χ0v) is 11.9. The van der Waals surface area contributed by atoms with E-state index >= 15 is 0 Å². The molecular formula is C13H17ClFNO3. The molecule has 1 unspecified atom stereocenters. The van der Waals surface area contributed by atoms with Gasteiger partial charge in [0.05, 0.1) is 19.1 Å². The summed E-state index contributed by atoms with van der Waals surface area (Å²) in [6.07, 6.45) is 0. The SMILES string of the molecule is COCC(Cl)CN(C)C(=O)c1ccc(F)c(OC)c1. The first-order valence-electron chi connectivity index (χ1n) is 5.71. The van der Waals surface area contributed by atoms with Gasteiger partial charge in [-0.05, 0) is 18.2 Å². The van der Waals surface area contributed by atoms with E-state index in [-0.39, 0.29) is 17.0 Å². The van der Waals surface area contributed by atoms with Crippen LogP contribution in [0.1, 0.15) is 10.4 Å². The predicted molar refractivity (Wildman–Crippen MR) is 71.4 cm³/mol. The number of ether oxygens (including phenoxy) is 2. The van der Waals surface area contributed by atoms with Gasteiger partial charge in [-0.2, -0.15) is 0 Å². The number of amides is 1. The molecule has 0 aliphatic rings. The molecule has 0 saturated carbocycles. The lowest BCUT2D eigenvalue weighted by Gasteiger charge is -2.20. The van der Waals surface area contributed by atoms with Gasteiger partial charge in [-0.3, -0.25) is 4.79 Å². The van der Waals surface area contributed by atoms with Gasteiger partial charge >= 0.3 is 0 Å². The number of hydrogen-bond acceptors (Lipinski definition) is 3. The lowest BCUT2D eigenvalue weighted by molar-refractivity contribution is 0.0781. The summed E-state index contributed by atoms with van der Waals surface area (Å²) < 4.78 is 23.0. The fourth-order valence-electron chi connectivity index (χ4n) is 1.63. The highest BCUT2D eigenvalue weighted by Crippen LogP contribution is 2.19. The van der Waals surface area contributed by atoms with Crippen molar-refractivity contribution in [1.82, 2.24) is 4.90 Å². The molecule has 0 aliphatic carbocycles. The van der Waals surface area contributed by atoms with Gasteiger partial charge in [-0.25, -0.2) is 4.39 Å². The highest BCUT2D eigenvalue weighted by molar-refractivity contribution is 6.21. The molecule has 0 heterocycles. The number of alkyl halides is 1. The van der Waals surface area contributed by atoms with Crippen LogP contribution in [-0.4, -0.2) is 50.6 Å².